The molecule has 7 nitrogen and oxygen atoms in total. The number of benzene rings is 1. The number of hydrogen-bond donors (Lipinski definition) is 3. The molecule has 0 amide bonds. The Morgan fingerprint density at radius 1 is 1.25 bits per heavy atom. The first-order valence-corrected chi connectivity index (χ1v) is 9.27. The lowest BCUT2D eigenvalue weighted by atomic mass is 10.1. The van der Waals surface area contributed by atoms with Crippen LogP contribution in [0.25, 0.3) is 22.4 Å². The second kappa shape index (κ2) is 6.78. The number of amidine groups is 1. The van der Waals surface area contributed by atoms with Crippen molar-refractivity contribution in [2.75, 3.05) is 5.32 Å². The Hall–Kier alpha value is -3.16. The molecule has 0 bridgehead atoms. The summed E-state index contributed by atoms with van der Waals surface area (Å²) in [7, 11) is 0. The molecular formula is C20H23FN6O. The number of aliphatic imine (C=N–C) groups is 1. The van der Waals surface area contributed by atoms with E-state index >= 15 is 0 Å². The number of aromatic amines is 1. The number of rotatable bonds is 4. The van der Waals surface area contributed by atoms with Crippen LogP contribution in [-0.4, -0.2) is 32.6 Å². The van der Waals surface area contributed by atoms with Gasteiger partial charge >= 0.3 is 6.01 Å². The van der Waals surface area contributed by atoms with Gasteiger partial charge in [-0.15, -0.1) is 5.10 Å². The number of hydrogen-bond acceptors (Lipinski definition) is 6. The average Bonchev–Trinajstić information content (AvgIpc) is 3.27. The Morgan fingerprint density at radius 2 is 2.07 bits per heavy atom. The van der Waals surface area contributed by atoms with Gasteiger partial charge in [-0.05, 0) is 45.4 Å². The monoisotopic (exact) mass is 382 g/mol. The molecule has 0 fully saturated rings. The number of aromatic nitrogens is 3. The molecule has 3 N–H and O–H groups in total. The first kappa shape index (κ1) is 18.2. The van der Waals surface area contributed by atoms with E-state index in [1.54, 1.807) is 0 Å². The van der Waals surface area contributed by atoms with Gasteiger partial charge in [0, 0.05) is 33.8 Å². The highest BCUT2D eigenvalue weighted by Crippen LogP contribution is 2.28. The van der Waals surface area contributed by atoms with Gasteiger partial charge in [0.2, 0.25) is 5.89 Å². The quantitative estimate of drug-likeness (QED) is 0.623. The molecule has 3 heterocycles. The summed E-state index contributed by atoms with van der Waals surface area (Å²) in [5, 5.41) is 15.5. The fourth-order valence-electron chi connectivity index (χ4n) is 3.09. The molecule has 28 heavy (non-hydrogen) atoms. The minimum atomic E-state index is -0.359. The molecule has 1 aliphatic heterocycles. The van der Waals surface area contributed by atoms with Crippen LogP contribution in [-0.2, 0) is 0 Å². The van der Waals surface area contributed by atoms with Crippen molar-refractivity contribution in [1.29, 1.82) is 0 Å². The summed E-state index contributed by atoms with van der Waals surface area (Å²) in [6, 6.07) is 5.85. The summed E-state index contributed by atoms with van der Waals surface area (Å²) in [5.41, 5.74) is 2.43. The molecule has 146 valence electrons. The largest absolute Gasteiger partial charge is 0.403 e. The van der Waals surface area contributed by atoms with Crippen LogP contribution in [0.15, 0.2) is 45.8 Å². The molecule has 1 aliphatic rings. The van der Waals surface area contributed by atoms with E-state index in [0.29, 0.717) is 24.2 Å². The SMILES string of the molecule is CCC1NC(c2c[nH]c3ccc(-c4nnc(NC(C)(C)C)o4)cc23)=NC=C1F. The van der Waals surface area contributed by atoms with Gasteiger partial charge in [-0.1, -0.05) is 12.0 Å². The molecule has 0 radical (unpaired) electrons. The lowest BCUT2D eigenvalue weighted by Crippen LogP contribution is -2.37. The summed E-state index contributed by atoms with van der Waals surface area (Å²) in [6.45, 7) is 8.00. The van der Waals surface area contributed by atoms with Crippen molar-refractivity contribution in [2.45, 2.75) is 45.7 Å². The van der Waals surface area contributed by atoms with E-state index in [9.17, 15) is 4.39 Å². The zero-order valence-corrected chi connectivity index (χ0v) is 16.3. The second-order valence-corrected chi connectivity index (χ2v) is 7.85. The molecule has 0 saturated carbocycles. The van der Waals surface area contributed by atoms with Gasteiger partial charge in [-0.3, -0.25) is 0 Å². The normalized spacial score (nSPS) is 17.2. The van der Waals surface area contributed by atoms with Crippen LogP contribution in [0.2, 0.25) is 0 Å². The third-order valence-corrected chi connectivity index (χ3v) is 4.46. The lowest BCUT2D eigenvalue weighted by Gasteiger charge is -2.20. The first-order chi connectivity index (χ1) is 13.3. The summed E-state index contributed by atoms with van der Waals surface area (Å²) in [6.07, 6.45) is 3.79. The van der Waals surface area contributed by atoms with Crippen molar-refractivity contribution in [3.63, 3.8) is 0 Å². The van der Waals surface area contributed by atoms with E-state index in [1.165, 1.54) is 6.20 Å². The Balaban J connectivity index is 1.69. The molecule has 0 saturated heterocycles. The van der Waals surface area contributed by atoms with Crippen molar-refractivity contribution in [3.8, 4) is 11.5 Å². The summed E-state index contributed by atoms with van der Waals surface area (Å²) < 4.78 is 19.6. The van der Waals surface area contributed by atoms with Crippen LogP contribution in [0.5, 0.6) is 0 Å². The van der Waals surface area contributed by atoms with Crippen molar-refractivity contribution >= 4 is 22.8 Å². The molecule has 1 aromatic carbocycles. The molecule has 4 rings (SSSR count). The smallest absolute Gasteiger partial charge is 0.316 e. The number of anilines is 1. The zero-order chi connectivity index (χ0) is 19.9. The van der Waals surface area contributed by atoms with Crippen LogP contribution in [0.3, 0.4) is 0 Å². The van der Waals surface area contributed by atoms with Crippen molar-refractivity contribution in [3.05, 3.63) is 42.0 Å². The van der Waals surface area contributed by atoms with Crippen molar-refractivity contribution < 1.29 is 8.81 Å². The topological polar surface area (TPSA) is 91.1 Å². The van der Waals surface area contributed by atoms with E-state index in [4.69, 9.17) is 4.42 Å². The number of nitrogens with one attached hydrogen (secondary N) is 3. The Morgan fingerprint density at radius 3 is 2.82 bits per heavy atom. The number of nitrogens with zero attached hydrogens (tertiary/aromatic N) is 3. The van der Waals surface area contributed by atoms with Crippen molar-refractivity contribution in [2.24, 2.45) is 4.99 Å². The van der Waals surface area contributed by atoms with Gasteiger partial charge in [0.15, 0.2) is 0 Å². The van der Waals surface area contributed by atoms with Gasteiger partial charge in [-0.25, -0.2) is 9.38 Å². The molecular weight excluding hydrogens is 359 g/mol. The van der Waals surface area contributed by atoms with Gasteiger partial charge in [0.05, 0.1) is 12.2 Å². The fraction of sp³-hybridized carbons (Fsp3) is 0.350. The standard InChI is InChI=1S/C20H23FN6O/c1-5-15-14(21)10-23-17(24-15)13-9-22-16-7-6-11(8-12(13)16)18-26-27-19(28-18)25-20(2,3)4/h6-10,15,22H,5H2,1-4H3,(H,23,24)(H,25,27). The molecule has 2 aromatic heterocycles. The third-order valence-electron chi connectivity index (χ3n) is 4.46. The van der Waals surface area contributed by atoms with Crippen LogP contribution in [0.1, 0.15) is 39.7 Å². The number of H-pyrrole nitrogens is 1. The highest BCUT2D eigenvalue weighted by molar-refractivity contribution is 6.10. The third kappa shape index (κ3) is 3.49. The van der Waals surface area contributed by atoms with Crippen LogP contribution < -0.4 is 10.6 Å². The summed E-state index contributed by atoms with van der Waals surface area (Å²) in [5.74, 6) is 0.811. The highest BCUT2D eigenvalue weighted by Gasteiger charge is 2.21. The predicted octanol–water partition coefficient (Wildman–Crippen LogP) is 4.37. The Labute approximate surface area is 162 Å². The number of fused-ring (bicyclic) bond motifs is 1. The summed E-state index contributed by atoms with van der Waals surface area (Å²) in [4.78, 5) is 7.47. The molecule has 3 aromatic rings. The Kier molecular flexibility index (Phi) is 4.41. The van der Waals surface area contributed by atoms with E-state index in [0.717, 1.165) is 22.0 Å². The van der Waals surface area contributed by atoms with Crippen LogP contribution >= 0.6 is 0 Å². The minimum absolute atomic E-state index is 0.176. The van der Waals surface area contributed by atoms with Crippen LogP contribution in [0.4, 0.5) is 10.4 Å². The fourth-order valence-corrected chi connectivity index (χ4v) is 3.09. The molecule has 0 aliphatic carbocycles. The van der Waals surface area contributed by atoms with E-state index in [-0.39, 0.29) is 17.4 Å². The zero-order valence-electron chi connectivity index (χ0n) is 16.3. The minimum Gasteiger partial charge on any atom is -0.403 e. The predicted molar refractivity (Wildman–Crippen MR) is 108 cm³/mol. The Bertz CT molecular complexity index is 1070. The average molecular weight is 382 g/mol. The van der Waals surface area contributed by atoms with E-state index in [1.807, 2.05) is 52.1 Å². The molecule has 1 atom stereocenters. The maximum Gasteiger partial charge on any atom is 0.316 e. The first-order valence-electron chi connectivity index (χ1n) is 9.27. The van der Waals surface area contributed by atoms with E-state index < -0.39 is 0 Å². The van der Waals surface area contributed by atoms with Gasteiger partial charge in [0.1, 0.15) is 11.7 Å². The van der Waals surface area contributed by atoms with Gasteiger partial charge < -0.3 is 20.0 Å². The van der Waals surface area contributed by atoms with Gasteiger partial charge in [-0.2, -0.15) is 0 Å². The maximum absolute atomic E-state index is 13.8. The molecule has 1 unspecified atom stereocenters. The van der Waals surface area contributed by atoms with E-state index in [2.05, 4.69) is 30.8 Å². The van der Waals surface area contributed by atoms with Crippen molar-refractivity contribution in [1.82, 2.24) is 20.5 Å². The lowest BCUT2D eigenvalue weighted by molar-refractivity contribution is 0.494. The second-order valence-electron chi connectivity index (χ2n) is 7.85. The highest BCUT2D eigenvalue weighted by atomic mass is 19.1. The molecule has 8 heteroatoms. The molecule has 0 spiro atoms. The van der Waals surface area contributed by atoms with Crippen LogP contribution in [0, 0.1) is 0 Å². The maximum atomic E-state index is 13.8. The summed E-state index contributed by atoms with van der Waals surface area (Å²) >= 11 is 0. The number of halogens is 1. The van der Waals surface area contributed by atoms with Gasteiger partial charge in [0.25, 0.3) is 0 Å².